The first-order valence-corrected chi connectivity index (χ1v) is 9.09. The fourth-order valence-corrected chi connectivity index (χ4v) is 3.99. The van der Waals surface area contributed by atoms with Gasteiger partial charge in [0.15, 0.2) is 17.3 Å². The fraction of sp³-hybridized carbons (Fsp3) is 0.474. The molecule has 3 N–H and O–H groups in total. The van der Waals surface area contributed by atoms with Gasteiger partial charge in [-0.15, -0.1) is 0 Å². The molecule has 0 spiro atoms. The number of nitrogens with two attached hydrogens (primary N) is 1. The number of carbonyl (C=O) groups is 1. The number of anilines is 1. The lowest BCUT2D eigenvalue weighted by molar-refractivity contribution is 0.143. The first-order chi connectivity index (χ1) is 13.1. The third-order valence-electron chi connectivity index (χ3n) is 5.77. The zero-order chi connectivity index (χ0) is 20.4. The average molecular weight is 391 g/mol. The molecule has 2 unspecified atom stereocenters. The van der Waals surface area contributed by atoms with E-state index in [1.54, 1.807) is 4.57 Å². The molecule has 0 amide bonds. The summed E-state index contributed by atoms with van der Waals surface area (Å²) in [7, 11) is 0. The zero-order valence-electron chi connectivity index (χ0n) is 15.9. The van der Waals surface area contributed by atoms with Crippen LogP contribution >= 0.6 is 0 Å². The molecule has 3 atom stereocenters. The van der Waals surface area contributed by atoms with Crippen LogP contribution in [-0.2, 0) is 0 Å². The number of nitrogens with zero attached hydrogens (tertiary/aromatic N) is 2. The van der Waals surface area contributed by atoms with Crippen LogP contribution in [0.15, 0.2) is 17.1 Å². The van der Waals surface area contributed by atoms with Crippen LogP contribution in [0.4, 0.5) is 14.9 Å². The first-order valence-electron chi connectivity index (χ1n) is 9.09. The van der Waals surface area contributed by atoms with E-state index >= 15 is 4.39 Å². The second-order valence-corrected chi connectivity index (χ2v) is 7.98. The van der Waals surface area contributed by atoms with Crippen molar-refractivity contribution in [3.63, 3.8) is 0 Å². The van der Waals surface area contributed by atoms with E-state index in [1.165, 1.54) is 6.20 Å². The van der Waals surface area contributed by atoms with Crippen LogP contribution in [0.25, 0.3) is 10.9 Å². The summed E-state index contributed by atoms with van der Waals surface area (Å²) in [5, 5.41) is 8.91. The largest absolute Gasteiger partial charge is 0.511 e. The molecule has 28 heavy (non-hydrogen) atoms. The molecule has 8 nitrogen and oxygen atoms in total. The van der Waals surface area contributed by atoms with Gasteiger partial charge in [0, 0.05) is 18.6 Å². The van der Waals surface area contributed by atoms with Crippen molar-refractivity contribution in [1.82, 2.24) is 4.57 Å². The Labute approximate surface area is 160 Å². The molecule has 1 aromatic heterocycles. The summed E-state index contributed by atoms with van der Waals surface area (Å²) in [6, 6.07) is 0.933. The Morgan fingerprint density at radius 1 is 1.46 bits per heavy atom. The van der Waals surface area contributed by atoms with E-state index in [0.717, 1.165) is 6.07 Å². The maximum absolute atomic E-state index is 15.2. The van der Waals surface area contributed by atoms with E-state index in [9.17, 15) is 9.59 Å². The fourth-order valence-electron chi connectivity index (χ4n) is 3.99. The first kappa shape index (κ1) is 18.5. The van der Waals surface area contributed by atoms with E-state index in [0.29, 0.717) is 18.6 Å². The summed E-state index contributed by atoms with van der Waals surface area (Å²) in [4.78, 5) is 25.5. The number of rotatable bonds is 2. The van der Waals surface area contributed by atoms with Crippen LogP contribution in [0.3, 0.4) is 0 Å². The van der Waals surface area contributed by atoms with Gasteiger partial charge in [-0.2, -0.15) is 0 Å². The van der Waals surface area contributed by atoms with E-state index in [-0.39, 0.29) is 41.1 Å². The van der Waals surface area contributed by atoms with Gasteiger partial charge in [0.05, 0.1) is 23.1 Å². The molecule has 2 aromatic rings. The molecule has 1 fully saturated rings. The average Bonchev–Trinajstić information content (AvgIpc) is 2.86. The molecule has 0 bridgehead atoms. The van der Waals surface area contributed by atoms with E-state index < -0.39 is 22.9 Å². The molecule has 0 radical (unpaired) electrons. The highest BCUT2D eigenvalue weighted by molar-refractivity contribution is 5.93. The Morgan fingerprint density at radius 2 is 2.18 bits per heavy atom. The van der Waals surface area contributed by atoms with Crippen molar-refractivity contribution in [2.24, 2.45) is 11.7 Å². The molecule has 1 saturated heterocycles. The normalized spacial score (nSPS) is 26.4. The van der Waals surface area contributed by atoms with Crippen molar-refractivity contribution in [3.05, 3.63) is 28.3 Å². The van der Waals surface area contributed by atoms with Gasteiger partial charge in [0.2, 0.25) is 5.43 Å². The van der Waals surface area contributed by atoms with Gasteiger partial charge in [-0.1, -0.05) is 6.92 Å². The van der Waals surface area contributed by atoms with Gasteiger partial charge in [-0.25, -0.2) is 9.18 Å². The van der Waals surface area contributed by atoms with Gasteiger partial charge in [-0.3, -0.25) is 4.79 Å². The molecule has 9 heteroatoms. The summed E-state index contributed by atoms with van der Waals surface area (Å²) < 4.78 is 27.3. The Hall–Kier alpha value is -2.81. The predicted octanol–water partition coefficient (Wildman–Crippen LogP) is 2.32. The van der Waals surface area contributed by atoms with Crippen molar-refractivity contribution >= 4 is 22.7 Å². The molecule has 2 aliphatic heterocycles. The highest BCUT2D eigenvalue weighted by Crippen LogP contribution is 2.44. The monoisotopic (exact) mass is 391 g/mol. The minimum absolute atomic E-state index is 0.0179. The lowest BCUT2D eigenvalue weighted by Crippen LogP contribution is -2.43. The smallest absolute Gasteiger partial charge is 0.487 e. The SMILES string of the molecule is CC1CN(c2c(F)cc3c(=O)c(OC(=O)O)cn4c3c2OC[C@@H]4C)CC1(C)N. The lowest BCUT2D eigenvalue weighted by Gasteiger charge is -2.31. The maximum Gasteiger partial charge on any atom is 0.511 e. The van der Waals surface area contributed by atoms with Gasteiger partial charge >= 0.3 is 6.16 Å². The number of hydrogen-bond acceptors (Lipinski definition) is 6. The highest BCUT2D eigenvalue weighted by Gasteiger charge is 2.40. The molecule has 3 heterocycles. The van der Waals surface area contributed by atoms with E-state index in [4.69, 9.17) is 15.6 Å². The number of hydrogen-bond donors (Lipinski definition) is 2. The molecule has 150 valence electrons. The van der Waals surface area contributed by atoms with E-state index in [1.807, 2.05) is 25.7 Å². The summed E-state index contributed by atoms with van der Waals surface area (Å²) in [6.45, 7) is 7.06. The minimum atomic E-state index is -1.60. The molecular weight excluding hydrogens is 369 g/mol. The van der Waals surface area contributed by atoms with Crippen LogP contribution < -0.4 is 25.5 Å². The van der Waals surface area contributed by atoms with Crippen LogP contribution in [0.5, 0.6) is 11.5 Å². The maximum atomic E-state index is 15.2. The number of carboxylic acid groups (broad SMARTS) is 1. The third-order valence-corrected chi connectivity index (χ3v) is 5.77. The molecular formula is C19H22FN3O5. The highest BCUT2D eigenvalue weighted by atomic mass is 19.1. The number of ether oxygens (including phenoxy) is 2. The number of pyridine rings is 1. The molecule has 0 aliphatic carbocycles. The minimum Gasteiger partial charge on any atom is -0.487 e. The molecule has 4 rings (SSSR count). The summed E-state index contributed by atoms with van der Waals surface area (Å²) in [6.07, 6.45) is -0.258. The zero-order valence-corrected chi connectivity index (χ0v) is 15.9. The molecule has 1 aromatic carbocycles. The summed E-state index contributed by atoms with van der Waals surface area (Å²) >= 11 is 0. The van der Waals surface area contributed by atoms with E-state index in [2.05, 4.69) is 4.74 Å². The Balaban J connectivity index is 1.98. The van der Waals surface area contributed by atoms with Crippen LogP contribution in [0.1, 0.15) is 26.8 Å². The van der Waals surface area contributed by atoms with Gasteiger partial charge < -0.3 is 29.8 Å². The number of benzene rings is 1. The topological polar surface area (TPSA) is 107 Å². The number of aromatic nitrogens is 1. The summed E-state index contributed by atoms with van der Waals surface area (Å²) in [5.74, 6) is -0.558. The third kappa shape index (κ3) is 2.69. The van der Waals surface area contributed by atoms with Crippen molar-refractivity contribution in [3.8, 4) is 11.5 Å². The Bertz CT molecular complexity index is 1050. The second-order valence-electron chi connectivity index (χ2n) is 7.98. The Kier molecular flexibility index (Phi) is 4.04. The molecule has 2 aliphatic rings. The molecule has 0 saturated carbocycles. The standard InChI is InChI=1S/C19H22FN3O5/c1-9-5-22(8-19(9,3)21)15-12(20)4-11-14-17(15)27-7-10(2)23(14)6-13(16(11)24)28-18(25)26/h4,6,9-10H,5,7-8,21H2,1-3H3,(H,25,26)/t9?,10-,19?/m0/s1. The van der Waals surface area contributed by atoms with Crippen LogP contribution in [-0.4, -0.2) is 41.1 Å². The van der Waals surface area contributed by atoms with Gasteiger partial charge in [0.25, 0.3) is 0 Å². The number of halogens is 1. The summed E-state index contributed by atoms with van der Waals surface area (Å²) in [5.41, 5.74) is 5.86. The Morgan fingerprint density at radius 3 is 2.79 bits per heavy atom. The van der Waals surface area contributed by atoms with Gasteiger partial charge in [0.1, 0.15) is 12.3 Å². The predicted molar refractivity (Wildman–Crippen MR) is 101 cm³/mol. The second kappa shape index (κ2) is 6.10. The van der Waals surface area contributed by atoms with Gasteiger partial charge in [-0.05, 0) is 25.8 Å². The van der Waals surface area contributed by atoms with Crippen molar-refractivity contribution in [1.29, 1.82) is 0 Å². The van der Waals surface area contributed by atoms with Crippen LogP contribution in [0, 0.1) is 11.7 Å². The van der Waals surface area contributed by atoms with Crippen molar-refractivity contribution in [2.45, 2.75) is 32.4 Å². The van der Waals surface area contributed by atoms with Crippen LogP contribution in [0.2, 0.25) is 0 Å². The quantitative estimate of drug-likeness (QED) is 0.757. The lowest BCUT2D eigenvalue weighted by atomic mass is 9.92. The van der Waals surface area contributed by atoms with Crippen molar-refractivity contribution < 1.29 is 23.8 Å². The van der Waals surface area contributed by atoms with Crippen molar-refractivity contribution in [2.75, 3.05) is 24.6 Å².